The fourth-order valence-electron chi connectivity index (χ4n) is 1.63. The fourth-order valence-corrected chi connectivity index (χ4v) is 1.63. The normalized spacial score (nSPS) is 10.3. The lowest BCUT2D eigenvalue weighted by Gasteiger charge is -2.07. The van der Waals surface area contributed by atoms with Crippen molar-refractivity contribution in [2.24, 2.45) is 0 Å². The van der Waals surface area contributed by atoms with Crippen LogP contribution in [0.1, 0.15) is 19.7 Å². The quantitative estimate of drug-likeness (QED) is 0.891. The number of ether oxygens (including phenoxy) is 1. The molecule has 0 spiro atoms. The first-order valence-corrected chi connectivity index (χ1v) is 5.94. The summed E-state index contributed by atoms with van der Waals surface area (Å²) >= 11 is 0. The van der Waals surface area contributed by atoms with E-state index in [1.54, 1.807) is 18.5 Å². The van der Waals surface area contributed by atoms with Gasteiger partial charge in [0.05, 0.1) is 18.5 Å². The van der Waals surface area contributed by atoms with Crippen LogP contribution >= 0.6 is 0 Å². The number of nitrogens with two attached hydrogens (primary N) is 1. The van der Waals surface area contributed by atoms with Gasteiger partial charge < -0.3 is 10.5 Å². The van der Waals surface area contributed by atoms with Crippen molar-refractivity contribution in [2.45, 2.75) is 20.3 Å². The minimum Gasteiger partial charge on any atom is -0.492 e. The largest absolute Gasteiger partial charge is 0.492 e. The lowest BCUT2D eigenvalue weighted by atomic mass is 10.2. The molecule has 2 heterocycles. The molecular weight excluding hydrogens is 228 g/mol. The summed E-state index contributed by atoms with van der Waals surface area (Å²) in [6.07, 6.45) is 4.17. The molecule has 0 amide bonds. The molecule has 0 atom stereocenters. The average molecular weight is 244 g/mol. The van der Waals surface area contributed by atoms with Gasteiger partial charge in [-0.3, -0.25) is 4.98 Å². The van der Waals surface area contributed by atoms with Gasteiger partial charge in [-0.1, -0.05) is 6.92 Å². The predicted molar refractivity (Wildman–Crippen MR) is 70.2 cm³/mol. The first kappa shape index (κ1) is 12.3. The number of hydrogen-bond acceptors (Lipinski definition) is 5. The number of pyridine rings is 1. The van der Waals surface area contributed by atoms with E-state index in [0.29, 0.717) is 12.4 Å². The smallest absolute Gasteiger partial charge is 0.138 e. The van der Waals surface area contributed by atoms with Crippen LogP contribution in [0.3, 0.4) is 0 Å². The van der Waals surface area contributed by atoms with Gasteiger partial charge in [0.1, 0.15) is 17.4 Å². The summed E-state index contributed by atoms with van der Waals surface area (Å²) < 4.78 is 5.42. The Morgan fingerprint density at radius 1 is 1.17 bits per heavy atom. The SMILES string of the molecule is CCOc1cncc(-c2cc(N)nc(CC)n2)c1. The predicted octanol–water partition coefficient (Wildman–Crippen LogP) is 2.08. The molecule has 2 rings (SSSR count). The number of nitrogen functional groups attached to an aromatic ring is 1. The van der Waals surface area contributed by atoms with E-state index in [4.69, 9.17) is 10.5 Å². The van der Waals surface area contributed by atoms with Crippen LogP contribution in [0, 0.1) is 0 Å². The molecule has 0 aliphatic carbocycles. The highest BCUT2D eigenvalue weighted by Gasteiger charge is 2.06. The zero-order valence-electron chi connectivity index (χ0n) is 10.6. The van der Waals surface area contributed by atoms with Gasteiger partial charge in [-0.15, -0.1) is 0 Å². The number of hydrogen-bond donors (Lipinski definition) is 1. The van der Waals surface area contributed by atoms with Crippen molar-refractivity contribution in [3.05, 3.63) is 30.4 Å². The molecule has 0 unspecified atom stereocenters. The molecular formula is C13H16N4O. The Morgan fingerprint density at radius 3 is 2.72 bits per heavy atom. The van der Waals surface area contributed by atoms with Crippen LogP contribution in [-0.4, -0.2) is 21.6 Å². The highest BCUT2D eigenvalue weighted by Crippen LogP contribution is 2.22. The summed E-state index contributed by atoms with van der Waals surface area (Å²) in [7, 11) is 0. The molecule has 0 aromatic carbocycles. The molecule has 5 nitrogen and oxygen atoms in total. The number of aromatic nitrogens is 3. The van der Waals surface area contributed by atoms with Gasteiger partial charge in [0.25, 0.3) is 0 Å². The van der Waals surface area contributed by atoms with Crippen LogP contribution in [0.4, 0.5) is 5.82 Å². The second-order valence-corrected chi connectivity index (χ2v) is 3.79. The number of anilines is 1. The van der Waals surface area contributed by atoms with E-state index in [0.717, 1.165) is 29.3 Å². The summed E-state index contributed by atoms with van der Waals surface area (Å²) in [5.41, 5.74) is 7.42. The second kappa shape index (κ2) is 5.44. The Hall–Kier alpha value is -2.17. The summed E-state index contributed by atoms with van der Waals surface area (Å²) in [6, 6.07) is 3.64. The minimum absolute atomic E-state index is 0.471. The van der Waals surface area contributed by atoms with Crippen molar-refractivity contribution >= 4 is 5.82 Å². The molecule has 0 bridgehead atoms. The zero-order valence-corrected chi connectivity index (χ0v) is 10.6. The summed E-state index contributed by atoms with van der Waals surface area (Å²) in [6.45, 7) is 4.54. The maximum atomic E-state index is 5.77. The molecule has 0 radical (unpaired) electrons. The molecule has 5 heteroatoms. The van der Waals surface area contributed by atoms with Gasteiger partial charge in [-0.2, -0.15) is 0 Å². The lowest BCUT2D eigenvalue weighted by molar-refractivity contribution is 0.339. The van der Waals surface area contributed by atoms with E-state index >= 15 is 0 Å². The third-order valence-electron chi connectivity index (χ3n) is 2.43. The summed E-state index contributed by atoms with van der Waals surface area (Å²) in [5, 5.41) is 0. The van der Waals surface area contributed by atoms with Crippen molar-refractivity contribution in [3.8, 4) is 17.0 Å². The molecule has 0 aliphatic heterocycles. The van der Waals surface area contributed by atoms with Crippen molar-refractivity contribution in [2.75, 3.05) is 12.3 Å². The van der Waals surface area contributed by atoms with Crippen molar-refractivity contribution in [1.29, 1.82) is 0 Å². The van der Waals surface area contributed by atoms with Crippen LogP contribution in [0.15, 0.2) is 24.5 Å². The van der Waals surface area contributed by atoms with E-state index in [1.165, 1.54) is 0 Å². The highest BCUT2D eigenvalue weighted by molar-refractivity contribution is 5.62. The summed E-state index contributed by atoms with van der Waals surface area (Å²) in [5.74, 6) is 1.93. The molecule has 94 valence electrons. The Kier molecular flexibility index (Phi) is 3.72. The molecule has 0 saturated heterocycles. The van der Waals surface area contributed by atoms with Crippen LogP contribution < -0.4 is 10.5 Å². The molecule has 0 fully saturated rings. The molecule has 2 N–H and O–H groups in total. The van der Waals surface area contributed by atoms with Crippen LogP contribution in [-0.2, 0) is 6.42 Å². The van der Waals surface area contributed by atoms with E-state index in [1.807, 2.05) is 19.9 Å². The van der Waals surface area contributed by atoms with Gasteiger partial charge >= 0.3 is 0 Å². The third-order valence-corrected chi connectivity index (χ3v) is 2.43. The van der Waals surface area contributed by atoms with Crippen molar-refractivity contribution in [3.63, 3.8) is 0 Å². The molecule has 18 heavy (non-hydrogen) atoms. The van der Waals surface area contributed by atoms with E-state index in [2.05, 4.69) is 15.0 Å². The van der Waals surface area contributed by atoms with Gasteiger partial charge in [-0.25, -0.2) is 9.97 Å². The van der Waals surface area contributed by atoms with Gasteiger partial charge in [0.15, 0.2) is 0 Å². The Morgan fingerprint density at radius 2 is 2.00 bits per heavy atom. The molecule has 0 saturated carbocycles. The maximum absolute atomic E-state index is 5.77. The lowest BCUT2D eigenvalue weighted by Crippen LogP contribution is -2.00. The highest BCUT2D eigenvalue weighted by atomic mass is 16.5. The average Bonchev–Trinajstić information content (AvgIpc) is 2.39. The zero-order chi connectivity index (χ0) is 13.0. The number of aryl methyl sites for hydroxylation is 1. The minimum atomic E-state index is 0.471. The van der Waals surface area contributed by atoms with Gasteiger partial charge in [0, 0.05) is 24.2 Å². The van der Waals surface area contributed by atoms with Crippen LogP contribution in [0.2, 0.25) is 0 Å². The number of nitrogens with zero attached hydrogens (tertiary/aromatic N) is 3. The van der Waals surface area contributed by atoms with Gasteiger partial charge in [-0.05, 0) is 13.0 Å². The van der Waals surface area contributed by atoms with E-state index in [9.17, 15) is 0 Å². The van der Waals surface area contributed by atoms with Crippen molar-refractivity contribution in [1.82, 2.24) is 15.0 Å². The number of rotatable bonds is 4. The first-order valence-electron chi connectivity index (χ1n) is 5.94. The van der Waals surface area contributed by atoms with Crippen LogP contribution in [0.25, 0.3) is 11.3 Å². The standard InChI is InChI=1S/C13H16N4O/c1-3-13-16-11(6-12(14)17-13)9-5-10(18-4-2)8-15-7-9/h5-8H,3-4H2,1-2H3,(H2,14,16,17). The third kappa shape index (κ3) is 2.74. The Balaban J connectivity index is 2.41. The first-order chi connectivity index (χ1) is 8.72. The Labute approximate surface area is 106 Å². The van der Waals surface area contributed by atoms with Crippen molar-refractivity contribution < 1.29 is 4.74 Å². The topological polar surface area (TPSA) is 73.9 Å². The molecule has 2 aromatic rings. The monoisotopic (exact) mass is 244 g/mol. The summed E-state index contributed by atoms with van der Waals surface area (Å²) in [4.78, 5) is 12.7. The second-order valence-electron chi connectivity index (χ2n) is 3.79. The van der Waals surface area contributed by atoms with Gasteiger partial charge in [0.2, 0.25) is 0 Å². The van der Waals surface area contributed by atoms with Crippen LogP contribution in [0.5, 0.6) is 5.75 Å². The Bertz CT molecular complexity index is 542. The maximum Gasteiger partial charge on any atom is 0.138 e. The van der Waals surface area contributed by atoms with E-state index in [-0.39, 0.29) is 0 Å². The fraction of sp³-hybridized carbons (Fsp3) is 0.308. The molecule has 0 aliphatic rings. The molecule has 2 aromatic heterocycles. The van der Waals surface area contributed by atoms with E-state index < -0.39 is 0 Å².